The molecule has 0 aliphatic carbocycles. The molecule has 1 aromatic heterocycles. The summed E-state index contributed by atoms with van der Waals surface area (Å²) < 4.78 is 7.55. The second-order valence-corrected chi connectivity index (χ2v) is 8.75. The summed E-state index contributed by atoms with van der Waals surface area (Å²) in [7, 11) is 0. The first-order valence-corrected chi connectivity index (χ1v) is 11.3. The highest BCUT2D eigenvalue weighted by Gasteiger charge is 2.24. The fraction of sp³-hybridized carbons (Fsp3) is 0.0769. The van der Waals surface area contributed by atoms with E-state index in [2.05, 4.69) is 5.32 Å². The zero-order valence-corrected chi connectivity index (χ0v) is 19.0. The van der Waals surface area contributed by atoms with Gasteiger partial charge in [0, 0.05) is 0 Å². The van der Waals surface area contributed by atoms with Crippen molar-refractivity contribution in [2.75, 3.05) is 0 Å². The summed E-state index contributed by atoms with van der Waals surface area (Å²) in [4.78, 5) is 41.4. The fourth-order valence-electron chi connectivity index (χ4n) is 3.69. The summed E-state index contributed by atoms with van der Waals surface area (Å²) in [5.74, 6) is 0.671. The molecule has 1 aliphatic heterocycles. The third kappa shape index (κ3) is 4.35. The van der Waals surface area contributed by atoms with Gasteiger partial charge in [-0.15, -0.1) is 0 Å². The van der Waals surface area contributed by atoms with Gasteiger partial charge >= 0.3 is 0 Å². The number of para-hydroxylation sites is 1. The van der Waals surface area contributed by atoms with Crippen molar-refractivity contribution in [3.8, 4) is 11.4 Å². The first kappa shape index (κ1) is 21.7. The molecule has 2 amide bonds. The molecule has 7 nitrogen and oxygen atoms in total. The van der Waals surface area contributed by atoms with Gasteiger partial charge in [-0.3, -0.25) is 24.3 Å². The van der Waals surface area contributed by atoms with Crippen LogP contribution in [0.5, 0.6) is 5.75 Å². The molecule has 0 radical (unpaired) electrons. The SMILES string of the molecule is Cc1cccc(-n2c(COc3ccc(/C=C4/SC(=O)NC4=O)cc3)nc3ccccc3c2=O)c1. The number of thioether (sulfide) groups is 1. The number of fused-ring (bicyclic) bond motifs is 1. The molecule has 1 saturated heterocycles. The molecular weight excluding hydrogens is 450 g/mol. The smallest absolute Gasteiger partial charge is 0.290 e. The Morgan fingerprint density at radius 2 is 1.79 bits per heavy atom. The molecule has 8 heteroatoms. The number of nitrogens with one attached hydrogen (secondary N) is 1. The normalized spacial score (nSPS) is 14.6. The van der Waals surface area contributed by atoms with Gasteiger partial charge in [0.05, 0.1) is 21.5 Å². The Bertz CT molecular complexity index is 1520. The molecule has 0 bridgehead atoms. The maximum Gasteiger partial charge on any atom is 0.290 e. The molecule has 0 atom stereocenters. The molecular formula is C26H19N3O4S. The van der Waals surface area contributed by atoms with E-state index in [0.29, 0.717) is 27.4 Å². The van der Waals surface area contributed by atoms with Crippen LogP contribution in [-0.4, -0.2) is 20.7 Å². The van der Waals surface area contributed by atoms with Gasteiger partial charge in [0.25, 0.3) is 16.7 Å². The number of hydrogen-bond acceptors (Lipinski definition) is 6. The molecule has 34 heavy (non-hydrogen) atoms. The molecule has 1 aliphatic rings. The zero-order valence-electron chi connectivity index (χ0n) is 18.1. The molecule has 2 heterocycles. The quantitative estimate of drug-likeness (QED) is 0.430. The van der Waals surface area contributed by atoms with Gasteiger partial charge in [0.2, 0.25) is 0 Å². The van der Waals surface area contributed by atoms with Gasteiger partial charge in [-0.1, -0.05) is 36.4 Å². The largest absolute Gasteiger partial charge is 0.486 e. The maximum absolute atomic E-state index is 13.3. The van der Waals surface area contributed by atoms with Gasteiger partial charge in [-0.2, -0.15) is 0 Å². The highest BCUT2D eigenvalue weighted by atomic mass is 32.2. The number of rotatable bonds is 5. The van der Waals surface area contributed by atoms with Crippen molar-refractivity contribution >= 4 is 39.9 Å². The van der Waals surface area contributed by atoms with Crippen LogP contribution in [0.1, 0.15) is 17.0 Å². The van der Waals surface area contributed by atoms with E-state index in [1.165, 1.54) is 0 Å². The first-order chi connectivity index (χ1) is 16.5. The highest BCUT2D eigenvalue weighted by Crippen LogP contribution is 2.26. The Morgan fingerprint density at radius 3 is 2.53 bits per heavy atom. The molecule has 168 valence electrons. The minimum absolute atomic E-state index is 0.0845. The number of aryl methyl sites for hydroxylation is 1. The van der Waals surface area contributed by atoms with Gasteiger partial charge in [0.15, 0.2) is 5.82 Å². The van der Waals surface area contributed by atoms with Crippen molar-refractivity contribution in [2.24, 2.45) is 0 Å². The zero-order chi connectivity index (χ0) is 23.7. The van der Waals surface area contributed by atoms with Crippen LogP contribution in [0.3, 0.4) is 0 Å². The lowest BCUT2D eigenvalue weighted by Crippen LogP contribution is -2.25. The molecule has 0 saturated carbocycles. The third-order valence-corrected chi connectivity index (χ3v) is 6.10. The number of ether oxygens (including phenoxy) is 1. The predicted molar refractivity (Wildman–Crippen MR) is 132 cm³/mol. The summed E-state index contributed by atoms with van der Waals surface area (Å²) in [6.07, 6.45) is 1.65. The second-order valence-electron chi connectivity index (χ2n) is 7.73. The van der Waals surface area contributed by atoms with Gasteiger partial charge < -0.3 is 4.74 Å². The van der Waals surface area contributed by atoms with E-state index in [1.807, 2.05) is 49.4 Å². The predicted octanol–water partition coefficient (Wildman–Crippen LogP) is 4.60. The van der Waals surface area contributed by atoms with Crippen molar-refractivity contribution in [3.05, 3.63) is 105 Å². The summed E-state index contributed by atoms with van der Waals surface area (Å²) in [5.41, 5.74) is 2.98. The molecule has 3 aromatic carbocycles. The van der Waals surface area contributed by atoms with Crippen LogP contribution in [0.25, 0.3) is 22.7 Å². The Morgan fingerprint density at radius 1 is 1.00 bits per heavy atom. The first-order valence-electron chi connectivity index (χ1n) is 10.5. The Labute approximate surface area is 199 Å². The lowest BCUT2D eigenvalue weighted by atomic mass is 10.2. The molecule has 1 N–H and O–H groups in total. The monoisotopic (exact) mass is 469 g/mol. The molecule has 1 fully saturated rings. The van der Waals surface area contributed by atoms with E-state index in [4.69, 9.17) is 9.72 Å². The Balaban J connectivity index is 1.44. The molecule has 5 rings (SSSR count). The number of benzene rings is 3. The van der Waals surface area contributed by atoms with E-state index in [1.54, 1.807) is 41.0 Å². The number of aromatic nitrogens is 2. The van der Waals surface area contributed by atoms with E-state index in [9.17, 15) is 14.4 Å². The Hall–Kier alpha value is -4.17. The lowest BCUT2D eigenvalue weighted by Gasteiger charge is -2.15. The lowest BCUT2D eigenvalue weighted by molar-refractivity contribution is -0.115. The van der Waals surface area contributed by atoms with Crippen LogP contribution < -0.4 is 15.6 Å². The molecule has 4 aromatic rings. The van der Waals surface area contributed by atoms with Crippen LogP contribution in [0.2, 0.25) is 0 Å². The number of carbonyl (C=O) groups is 2. The fourth-order valence-corrected chi connectivity index (χ4v) is 4.37. The van der Waals surface area contributed by atoms with Crippen LogP contribution in [0.4, 0.5) is 4.79 Å². The van der Waals surface area contributed by atoms with Crippen LogP contribution in [-0.2, 0) is 11.4 Å². The van der Waals surface area contributed by atoms with Crippen LogP contribution in [0, 0.1) is 6.92 Å². The van der Waals surface area contributed by atoms with Gasteiger partial charge in [-0.05, 0) is 72.3 Å². The van der Waals surface area contributed by atoms with Gasteiger partial charge in [-0.25, -0.2) is 4.98 Å². The summed E-state index contributed by atoms with van der Waals surface area (Å²) in [6, 6.07) is 22.0. The average molecular weight is 470 g/mol. The van der Waals surface area contributed by atoms with Crippen LogP contribution >= 0.6 is 11.8 Å². The number of amides is 2. The second kappa shape index (κ2) is 8.99. The Kier molecular flexibility index (Phi) is 5.73. The van der Waals surface area contributed by atoms with Crippen molar-refractivity contribution in [3.63, 3.8) is 0 Å². The minimum atomic E-state index is -0.396. The number of carbonyl (C=O) groups excluding carboxylic acids is 2. The van der Waals surface area contributed by atoms with E-state index in [0.717, 1.165) is 28.6 Å². The maximum atomic E-state index is 13.3. The van der Waals surface area contributed by atoms with Crippen molar-refractivity contribution in [2.45, 2.75) is 13.5 Å². The van der Waals surface area contributed by atoms with E-state index >= 15 is 0 Å². The topological polar surface area (TPSA) is 90.3 Å². The van der Waals surface area contributed by atoms with Crippen molar-refractivity contribution in [1.82, 2.24) is 14.9 Å². The highest BCUT2D eigenvalue weighted by molar-refractivity contribution is 8.18. The minimum Gasteiger partial charge on any atom is -0.486 e. The van der Waals surface area contributed by atoms with Crippen LogP contribution in [0.15, 0.2) is 82.5 Å². The summed E-state index contributed by atoms with van der Waals surface area (Å²) in [6.45, 7) is 2.06. The molecule has 0 unspecified atom stereocenters. The van der Waals surface area contributed by atoms with E-state index < -0.39 is 5.91 Å². The average Bonchev–Trinajstić information content (AvgIpc) is 3.15. The van der Waals surface area contributed by atoms with Crippen molar-refractivity contribution in [1.29, 1.82) is 0 Å². The summed E-state index contributed by atoms with van der Waals surface area (Å²) >= 11 is 0.873. The van der Waals surface area contributed by atoms with Crippen molar-refractivity contribution < 1.29 is 14.3 Å². The van der Waals surface area contributed by atoms with Gasteiger partial charge in [0.1, 0.15) is 12.4 Å². The third-order valence-electron chi connectivity index (χ3n) is 5.29. The number of hydrogen-bond donors (Lipinski definition) is 1. The number of imide groups is 1. The molecule has 0 spiro atoms. The summed E-state index contributed by atoms with van der Waals surface area (Å²) in [5, 5.41) is 2.40. The number of nitrogens with zero attached hydrogens (tertiary/aromatic N) is 2. The standard InChI is InChI=1S/C26H19N3O4S/c1-16-5-4-6-18(13-16)29-23(27-21-8-3-2-7-20(21)25(29)31)15-33-19-11-9-17(10-12-19)14-22-24(30)28-26(32)34-22/h2-14H,15H2,1H3,(H,28,30,32)/b22-14+. The van der Waals surface area contributed by atoms with E-state index in [-0.39, 0.29) is 17.4 Å².